The first-order valence-corrected chi connectivity index (χ1v) is 11.9. The van der Waals surface area contributed by atoms with E-state index in [4.69, 9.17) is 5.14 Å². The number of fused-ring (bicyclic) bond motifs is 1. The minimum absolute atomic E-state index is 0.0513. The average molecular weight is 420 g/mol. The van der Waals surface area contributed by atoms with E-state index in [1.165, 1.54) is 33.5 Å². The van der Waals surface area contributed by atoms with Gasteiger partial charge in [0.2, 0.25) is 20.0 Å². The summed E-state index contributed by atoms with van der Waals surface area (Å²) in [6.07, 6.45) is 3.42. The van der Waals surface area contributed by atoms with E-state index < -0.39 is 20.0 Å². The van der Waals surface area contributed by atoms with E-state index in [9.17, 15) is 16.8 Å². The number of nitrogens with two attached hydrogens (primary N) is 1. The highest BCUT2D eigenvalue weighted by Gasteiger charge is 2.31. The predicted octanol–water partition coefficient (Wildman–Crippen LogP) is 2.38. The maximum atomic E-state index is 13.0. The molecule has 3 aromatic rings. The molecule has 7 nitrogen and oxygen atoms in total. The van der Waals surface area contributed by atoms with Gasteiger partial charge in [-0.1, -0.05) is 24.3 Å². The zero-order chi connectivity index (χ0) is 19.9. The van der Waals surface area contributed by atoms with Gasteiger partial charge in [-0.15, -0.1) is 0 Å². The minimum Gasteiger partial charge on any atom is -0.361 e. The van der Waals surface area contributed by atoms with E-state index in [2.05, 4.69) is 11.1 Å². The monoisotopic (exact) mass is 419 g/mol. The fourth-order valence-electron chi connectivity index (χ4n) is 3.80. The molecule has 0 spiro atoms. The molecule has 0 bridgehead atoms. The van der Waals surface area contributed by atoms with Crippen LogP contribution in [-0.4, -0.2) is 39.2 Å². The first-order chi connectivity index (χ1) is 13.3. The fraction of sp³-hybridized carbons (Fsp3) is 0.263. The molecule has 0 radical (unpaired) electrons. The third kappa shape index (κ3) is 3.46. The molecule has 28 heavy (non-hydrogen) atoms. The summed E-state index contributed by atoms with van der Waals surface area (Å²) in [6.45, 7) is 0.762. The van der Waals surface area contributed by atoms with Gasteiger partial charge < -0.3 is 4.98 Å². The number of piperidine rings is 1. The topological polar surface area (TPSA) is 113 Å². The Bertz CT molecular complexity index is 1220. The normalized spacial score (nSPS) is 17.2. The van der Waals surface area contributed by atoms with Crippen molar-refractivity contribution in [2.75, 3.05) is 13.1 Å². The Hall–Kier alpha value is -2.20. The first kappa shape index (κ1) is 19.1. The smallest absolute Gasteiger partial charge is 0.243 e. The minimum atomic E-state index is -3.96. The molecule has 1 saturated heterocycles. The number of nitrogens with zero attached hydrogens (tertiary/aromatic N) is 1. The van der Waals surface area contributed by atoms with E-state index >= 15 is 0 Å². The van der Waals surface area contributed by atoms with Crippen molar-refractivity contribution in [3.63, 3.8) is 0 Å². The second kappa shape index (κ2) is 7.00. The first-order valence-electron chi connectivity index (χ1n) is 8.96. The van der Waals surface area contributed by atoms with Gasteiger partial charge in [-0.3, -0.25) is 0 Å². The zero-order valence-electron chi connectivity index (χ0n) is 15.1. The lowest BCUT2D eigenvalue weighted by atomic mass is 9.90. The summed E-state index contributed by atoms with van der Waals surface area (Å²) < 4.78 is 50.4. The number of aromatic nitrogens is 1. The Kier molecular flexibility index (Phi) is 4.78. The summed E-state index contributed by atoms with van der Waals surface area (Å²) >= 11 is 0. The van der Waals surface area contributed by atoms with Gasteiger partial charge in [0.15, 0.2) is 0 Å². The van der Waals surface area contributed by atoms with E-state index in [0.717, 1.165) is 11.6 Å². The lowest BCUT2D eigenvalue weighted by Crippen LogP contribution is -2.37. The van der Waals surface area contributed by atoms with Crippen LogP contribution in [0.2, 0.25) is 0 Å². The summed E-state index contributed by atoms with van der Waals surface area (Å²) in [7, 11) is -7.74. The Morgan fingerprint density at radius 1 is 0.929 bits per heavy atom. The second-order valence-electron chi connectivity index (χ2n) is 6.99. The number of nitrogens with one attached hydrogen (secondary N) is 1. The van der Waals surface area contributed by atoms with Crippen LogP contribution >= 0.6 is 0 Å². The average Bonchev–Trinajstić information content (AvgIpc) is 3.12. The van der Waals surface area contributed by atoms with Crippen LogP contribution < -0.4 is 5.14 Å². The molecule has 148 valence electrons. The van der Waals surface area contributed by atoms with Crippen molar-refractivity contribution in [1.29, 1.82) is 0 Å². The van der Waals surface area contributed by atoms with Crippen molar-refractivity contribution in [2.45, 2.75) is 28.6 Å². The molecule has 0 amide bonds. The molecule has 3 N–H and O–H groups in total. The predicted molar refractivity (Wildman–Crippen MR) is 107 cm³/mol. The molecule has 4 rings (SSSR count). The lowest BCUT2D eigenvalue weighted by Gasteiger charge is -2.31. The molecule has 1 aliphatic rings. The van der Waals surface area contributed by atoms with Crippen LogP contribution in [0.1, 0.15) is 24.3 Å². The Morgan fingerprint density at radius 3 is 2.32 bits per heavy atom. The molecule has 0 saturated carbocycles. The highest BCUT2D eigenvalue weighted by molar-refractivity contribution is 7.90. The quantitative estimate of drug-likeness (QED) is 0.676. The van der Waals surface area contributed by atoms with Crippen molar-refractivity contribution in [1.82, 2.24) is 9.29 Å². The van der Waals surface area contributed by atoms with Crippen LogP contribution in [0.4, 0.5) is 0 Å². The standard InChI is InChI=1S/C19H21N3O4S2/c20-27(23,24)15-4-3-5-16(12-15)28(25,26)22-10-8-14(9-11-22)18-13-21-19-7-2-1-6-17(18)19/h1-7,12-14,21H,8-11H2,(H2,20,23,24). The van der Waals surface area contributed by atoms with Crippen LogP contribution in [0, 0.1) is 0 Å². The van der Waals surface area contributed by atoms with Crippen molar-refractivity contribution in [3.05, 3.63) is 60.3 Å². The molecule has 0 aliphatic carbocycles. The Morgan fingerprint density at radius 2 is 1.61 bits per heavy atom. The third-order valence-electron chi connectivity index (χ3n) is 5.29. The second-order valence-corrected chi connectivity index (χ2v) is 10.5. The van der Waals surface area contributed by atoms with Crippen LogP contribution in [0.25, 0.3) is 10.9 Å². The number of sulfonamides is 2. The summed E-state index contributed by atoms with van der Waals surface area (Å²) in [5, 5.41) is 6.30. The van der Waals surface area contributed by atoms with E-state index in [1.807, 2.05) is 24.4 Å². The van der Waals surface area contributed by atoms with E-state index in [0.29, 0.717) is 25.9 Å². The summed E-state index contributed by atoms with van der Waals surface area (Å²) in [4.78, 5) is 3.01. The number of hydrogen-bond donors (Lipinski definition) is 2. The molecule has 1 aliphatic heterocycles. The van der Waals surface area contributed by atoms with Gasteiger partial charge in [0.1, 0.15) is 0 Å². The molecule has 2 aromatic carbocycles. The van der Waals surface area contributed by atoms with E-state index in [-0.39, 0.29) is 15.7 Å². The maximum Gasteiger partial charge on any atom is 0.243 e. The molecule has 0 atom stereocenters. The van der Waals surface area contributed by atoms with Crippen molar-refractivity contribution in [3.8, 4) is 0 Å². The Balaban J connectivity index is 1.55. The summed E-state index contributed by atoms with van der Waals surface area (Å²) in [6, 6.07) is 13.3. The molecule has 0 unspecified atom stereocenters. The summed E-state index contributed by atoms with van der Waals surface area (Å²) in [5.41, 5.74) is 2.29. The van der Waals surface area contributed by atoms with Crippen molar-refractivity contribution < 1.29 is 16.8 Å². The molecular weight excluding hydrogens is 398 g/mol. The van der Waals surface area contributed by atoms with Gasteiger partial charge >= 0.3 is 0 Å². The van der Waals surface area contributed by atoms with Crippen molar-refractivity contribution >= 4 is 30.9 Å². The highest BCUT2D eigenvalue weighted by atomic mass is 32.2. The number of aromatic amines is 1. The van der Waals surface area contributed by atoms with Gasteiger partial charge in [0, 0.05) is 30.2 Å². The highest BCUT2D eigenvalue weighted by Crippen LogP contribution is 2.34. The fourth-order valence-corrected chi connectivity index (χ4v) is 5.95. The van der Waals surface area contributed by atoms with Gasteiger partial charge in [0.25, 0.3) is 0 Å². The van der Waals surface area contributed by atoms with Gasteiger partial charge in [-0.05, 0) is 48.6 Å². The van der Waals surface area contributed by atoms with Crippen LogP contribution in [0.3, 0.4) is 0 Å². The number of para-hydroxylation sites is 1. The molecular formula is C19H21N3O4S2. The van der Waals surface area contributed by atoms with Crippen LogP contribution in [-0.2, 0) is 20.0 Å². The van der Waals surface area contributed by atoms with Crippen molar-refractivity contribution in [2.24, 2.45) is 5.14 Å². The van der Waals surface area contributed by atoms with Gasteiger partial charge in [0.05, 0.1) is 9.79 Å². The largest absolute Gasteiger partial charge is 0.361 e. The molecule has 9 heteroatoms. The SMILES string of the molecule is NS(=O)(=O)c1cccc(S(=O)(=O)N2CCC(c3c[nH]c4ccccc34)CC2)c1. The number of hydrogen-bond acceptors (Lipinski definition) is 4. The van der Waals surface area contributed by atoms with Gasteiger partial charge in [-0.2, -0.15) is 4.31 Å². The number of benzene rings is 2. The Labute approximate surface area is 164 Å². The van der Waals surface area contributed by atoms with Crippen LogP contribution in [0.5, 0.6) is 0 Å². The molecule has 2 heterocycles. The third-order valence-corrected chi connectivity index (χ3v) is 8.09. The summed E-state index contributed by atoms with van der Waals surface area (Å²) in [5.74, 6) is 0.276. The number of primary sulfonamides is 1. The lowest BCUT2D eigenvalue weighted by molar-refractivity contribution is 0.320. The van der Waals surface area contributed by atoms with Gasteiger partial charge in [-0.25, -0.2) is 22.0 Å². The number of rotatable bonds is 4. The zero-order valence-corrected chi connectivity index (χ0v) is 16.7. The molecule has 1 fully saturated rings. The van der Waals surface area contributed by atoms with Crippen LogP contribution in [0.15, 0.2) is 64.5 Å². The van der Waals surface area contributed by atoms with E-state index in [1.54, 1.807) is 0 Å². The number of H-pyrrole nitrogens is 1. The molecule has 1 aromatic heterocycles. The maximum absolute atomic E-state index is 13.0.